The Morgan fingerprint density at radius 1 is 1.24 bits per heavy atom. The van der Waals surface area contributed by atoms with Crippen molar-refractivity contribution >= 4 is 38.4 Å². The first kappa shape index (κ1) is 24.6. The van der Waals surface area contributed by atoms with E-state index in [0.29, 0.717) is 36.0 Å². The molecule has 1 amide bonds. The number of nitrogens with zero attached hydrogens (tertiary/aromatic N) is 1. The molecular weight excluding hydrogens is 458 g/mol. The van der Waals surface area contributed by atoms with Crippen molar-refractivity contribution in [1.29, 1.82) is 0 Å². The molecule has 2 fully saturated rings. The van der Waals surface area contributed by atoms with Gasteiger partial charge in [-0.25, -0.2) is 13.1 Å². The van der Waals surface area contributed by atoms with Crippen molar-refractivity contribution < 1.29 is 13.2 Å². The Labute approximate surface area is 202 Å². The average molecular weight is 494 g/mol. The van der Waals surface area contributed by atoms with E-state index in [2.05, 4.69) is 35.4 Å². The van der Waals surface area contributed by atoms with E-state index in [-0.39, 0.29) is 22.8 Å². The van der Waals surface area contributed by atoms with Crippen LogP contribution in [0.5, 0.6) is 0 Å². The summed E-state index contributed by atoms with van der Waals surface area (Å²) >= 11 is 6.73. The zero-order valence-corrected chi connectivity index (χ0v) is 22.1. The van der Waals surface area contributed by atoms with Crippen LogP contribution in [0.3, 0.4) is 0 Å². The summed E-state index contributed by atoms with van der Waals surface area (Å²) in [5, 5.41) is 4.92. The lowest BCUT2D eigenvalue weighted by Crippen LogP contribution is -2.52. The van der Waals surface area contributed by atoms with Crippen LogP contribution < -0.4 is 10.0 Å². The molecule has 2 saturated carbocycles. The number of aromatic nitrogens is 1. The van der Waals surface area contributed by atoms with E-state index in [1.165, 1.54) is 12.8 Å². The minimum Gasteiger partial charge on any atom is -0.348 e. The van der Waals surface area contributed by atoms with Gasteiger partial charge in [-0.1, -0.05) is 44.5 Å². The first-order valence-corrected chi connectivity index (χ1v) is 14.1. The van der Waals surface area contributed by atoms with E-state index in [0.717, 1.165) is 34.8 Å². The van der Waals surface area contributed by atoms with Gasteiger partial charge in [0.1, 0.15) is 0 Å². The molecule has 0 aliphatic heterocycles. The monoisotopic (exact) mass is 493 g/mol. The second-order valence-corrected chi connectivity index (χ2v) is 13.3. The van der Waals surface area contributed by atoms with Crippen molar-refractivity contribution in [3.05, 3.63) is 34.0 Å². The summed E-state index contributed by atoms with van der Waals surface area (Å²) in [5.74, 6) is 0.604. The topological polar surface area (TPSA) is 80.2 Å². The number of fused-ring (bicyclic) bond motifs is 3. The van der Waals surface area contributed by atoms with Gasteiger partial charge in [-0.2, -0.15) is 0 Å². The second-order valence-electron chi connectivity index (χ2n) is 11.0. The molecule has 4 rings (SSSR count). The number of halogens is 1. The van der Waals surface area contributed by atoms with Gasteiger partial charge in [0.25, 0.3) is 5.91 Å². The van der Waals surface area contributed by atoms with Crippen molar-refractivity contribution in [2.75, 3.05) is 12.8 Å². The first-order valence-electron chi connectivity index (χ1n) is 11.8. The molecule has 0 spiro atoms. The van der Waals surface area contributed by atoms with Gasteiger partial charge in [-0.05, 0) is 61.8 Å². The van der Waals surface area contributed by atoms with Gasteiger partial charge in [-0.15, -0.1) is 0 Å². The number of aryl methyl sites for hydroxylation is 2. The molecule has 0 radical (unpaired) electrons. The molecule has 1 aromatic carbocycles. The molecule has 33 heavy (non-hydrogen) atoms. The van der Waals surface area contributed by atoms with E-state index in [9.17, 15) is 13.2 Å². The third-order valence-corrected chi connectivity index (χ3v) is 9.52. The predicted molar refractivity (Wildman–Crippen MR) is 134 cm³/mol. The Bertz CT molecular complexity index is 1210. The van der Waals surface area contributed by atoms with Crippen LogP contribution in [0.25, 0.3) is 10.9 Å². The summed E-state index contributed by atoms with van der Waals surface area (Å²) in [6.07, 6.45) is 5.32. The third kappa shape index (κ3) is 4.21. The van der Waals surface area contributed by atoms with Crippen molar-refractivity contribution in [2.24, 2.45) is 16.7 Å². The summed E-state index contributed by atoms with van der Waals surface area (Å²) in [7, 11) is -3.24. The highest BCUT2D eigenvalue weighted by atomic mass is 35.5. The lowest BCUT2D eigenvalue weighted by Gasteiger charge is -2.43. The zero-order chi connectivity index (χ0) is 24.3. The van der Waals surface area contributed by atoms with Crippen molar-refractivity contribution in [3.63, 3.8) is 0 Å². The van der Waals surface area contributed by atoms with Crippen molar-refractivity contribution in [3.8, 4) is 0 Å². The van der Waals surface area contributed by atoms with E-state index in [4.69, 9.17) is 11.6 Å². The SMILES string of the molecule is Cc1ccc2c(C(=O)NC3C4(C)CCC(C4)C3(C)C)c(C)n(CCCNS(C)(=O)=O)c2c1Cl. The molecule has 2 aromatic rings. The van der Waals surface area contributed by atoms with Crippen LogP contribution in [0.1, 0.15) is 68.1 Å². The van der Waals surface area contributed by atoms with Gasteiger partial charge < -0.3 is 9.88 Å². The fraction of sp³-hybridized carbons (Fsp3) is 0.640. The lowest BCUT2D eigenvalue weighted by atomic mass is 9.68. The standard InChI is InChI=1S/C25H36ClN3O3S/c1-15-8-9-18-19(22(30)28-23-24(3,4)17-10-11-25(23,5)14-17)16(2)29(21(18)20(15)26)13-7-12-27-33(6,31)32/h8-9,17,23,27H,7,10-14H2,1-6H3,(H,28,30). The van der Waals surface area contributed by atoms with Crippen LogP contribution in [0.2, 0.25) is 5.02 Å². The number of amides is 1. The maximum atomic E-state index is 13.8. The molecular formula is C25H36ClN3O3S. The fourth-order valence-corrected chi connectivity index (χ4v) is 7.34. The largest absolute Gasteiger partial charge is 0.348 e. The summed E-state index contributed by atoms with van der Waals surface area (Å²) < 4.78 is 27.4. The van der Waals surface area contributed by atoms with Crippen LogP contribution >= 0.6 is 11.6 Å². The third-order valence-electron chi connectivity index (χ3n) is 8.31. The summed E-state index contributed by atoms with van der Waals surface area (Å²) in [4.78, 5) is 13.8. The quantitative estimate of drug-likeness (QED) is 0.544. The molecule has 8 heteroatoms. The minimum absolute atomic E-state index is 0.0442. The highest BCUT2D eigenvalue weighted by Crippen LogP contribution is 2.62. The van der Waals surface area contributed by atoms with E-state index in [1.807, 2.05) is 26.0 Å². The molecule has 6 nitrogen and oxygen atoms in total. The van der Waals surface area contributed by atoms with E-state index < -0.39 is 10.0 Å². The Balaban J connectivity index is 1.68. The smallest absolute Gasteiger partial charge is 0.253 e. The summed E-state index contributed by atoms with van der Waals surface area (Å²) in [6.45, 7) is 11.7. The highest BCUT2D eigenvalue weighted by Gasteiger charge is 2.59. The molecule has 2 bridgehead atoms. The molecule has 3 unspecified atom stereocenters. The summed E-state index contributed by atoms with van der Waals surface area (Å²) in [5.41, 5.74) is 3.54. The average Bonchev–Trinajstić information content (AvgIpc) is 3.29. The van der Waals surface area contributed by atoms with E-state index in [1.54, 1.807) is 0 Å². The van der Waals surface area contributed by atoms with Gasteiger partial charge >= 0.3 is 0 Å². The van der Waals surface area contributed by atoms with Crippen LogP contribution in [0.15, 0.2) is 12.1 Å². The first-order chi connectivity index (χ1) is 15.3. The van der Waals surface area contributed by atoms with Crippen LogP contribution in [0, 0.1) is 30.6 Å². The van der Waals surface area contributed by atoms with Gasteiger partial charge in [0, 0.05) is 30.2 Å². The lowest BCUT2D eigenvalue weighted by molar-refractivity contribution is 0.0738. The van der Waals surface area contributed by atoms with Crippen molar-refractivity contribution in [2.45, 2.75) is 72.9 Å². The number of benzene rings is 1. The number of hydrogen-bond donors (Lipinski definition) is 2. The Kier molecular flexibility index (Phi) is 6.16. The number of hydrogen-bond acceptors (Lipinski definition) is 3. The molecule has 2 aliphatic rings. The zero-order valence-electron chi connectivity index (χ0n) is 20.5. The van der Waals surface area contributed by atoms with Gasteiger partial charge in [0.2, 0.25) is 10.0 Å². The molecule has 2 N–H and O–H groups in total. The number of nitrogens with one attached hydrogen (secondary N) is 2. The van der Waals surface area contributed by atoms with Gasteiger partial charge in [0.05, 0.1) is 22.4 Å². The van der Waals surface area contributed by atoms with Crippen LogP contribution in [-0.2, 0) is 16.6 Å². The minimum atomic E-state index is -3.24. The van der Waals surface area contributed by atoms with Gasteiger partial charge in [0.15, 0.2) is 0 Å². The molecule has 3 atom stereocenters. The van der Waals surface area contributed by atoms with E-state index >= 15 is 0 Å². The van der Waals surface area contributed by atoms with Gasteiger partial charge in [-0.3, -0.25) is 4.79 Å². The van der Waals surface area contributed by atoms with Crippen LogP contribution in [0.4, 0.5) is 0 Å². The predicted octanol–water partition coefficient (Wildman–Crippen LogP) is 4.80. The maximum absolute atomic E-state index is 13.8. The molecule has 1 aromatic heterocycles. The van der Waals surface area contributed by atoms with Crippen LogP contribution in [-0.4, -0.2) is 37.7 Å². The Morgan fingerprint density at radius 3 is 2.55 bits per heavy atom. The molecule has 1 heterocycles. The number of carbonyl (C=O) groups is 1. The molecule has 0 saturated heterocycles. The highest BCUT2D eigenvalue weighted by molar-refractivity contribution is 7.88. The fourth-order valence-electron chi connectivity index (χ4n) is 6.55. The number of rotatable bonds is 7. The maximum Gasteiger partial charge on any atom is 0.253 e. The number of carbonyl (C=O) groups excluding carboxylic acids is 1. The Morgan fingerprint density at radius 2 is 1.94 bits per heavy atom. The summed E-state index contributed by atoms with van der Waals surface area (Å²) in [6, 6.07) is 4.07. The normalized spacial score (nSPS) is 26.3. The number of sulfonamides is 1. The molecule has 182 valence electrons. The van der Waals surface area contributed by atoms with Crippen molar-refractivity contribution in [1.82, 2.24) is 14.6 Å². The second kappa shape index (κ2) is 8.28. The Hall–Kier alpha value is -1.57. The molecule has 2 aliphatic carbocycles.